The molecule has 0 aliphatic heterocycles. The molecule has 0 bridgehead atoms. The molecule has 0 N–H and O–H groups in total. The molecule has 0 spiro atoms. The van der Waals surface area contributed by atoms with Crippen LogP contribution in [0, 0.1) is 18.3 Å². The highest BCUT2D eigenvalue weighted by molar-refractivity contribution is 5.46. The number of nitriles is 1. The smallest absolute Gasteiger partial charge is 0.138 e. The quantitative estimate of drug-likeness (QED) is 0.636. The molecule has 0 saturated carbocycles. The van der Waals surface area contributed by atoms with E-state index in [1.54, 1.807) is 18.3 Å². The highest BCUT2D eigenvalue weighted by Crippen LogP contribution is 2.07. The van der Waals surface area contributed by atoms with Gasteiger partial charge in [-0.3, -0.25) is 0 Å². The summed E-state index contributed by atoms with van der Waals surface area (Å²) in [6, 6.07) is 5.63. The van der Waals surface area contributed by atoms with Gasteiger partial charge in [-0.15, -0.1) is 0 Å². The number of nitrogens with zero attached hydrogens (tertiary/aromatic N) is 3. The van der Waals surface area contributed by atoms with Gasteiger partial charge >= 0.3 is 0 Å². The maximum atomic E-state index is 8.62. The molecule has 0 atom stereocenters. The van der Waals surface area contributed by atoms with Crippen LogP contribution in [0.1, 0.15) is 25.1 Å². The molecule has 0 aromatic carbocycles. The van der Waals surface area contributed by atoms with Crippen molar-refractivity contribution in [1.82, 2.24) is 9.38 Å². The van der Waals surface area contributed by atoms with Gasteiger partial charge in [-0.05, 0) is 19.1 Å². The second-order valence-corrected chi connectivity index (χ2v) is 2.66. The van der Waals surface area contributed by atoms with Crippen LogP contribution in [0.2, 0.25) is 0 Å². The molecule has 2 heterocycles. The number of rotatable bonds is 0. The van der Waals surface area contributed by atoms with E-state index in [0.717, 1.165) is 11.3 Å². The van der Waals surface area contributed by atoms with Gasteiger partial charge in [0.25, 0.3) is 0 Å². The molecular formula is C11H13N3. The van der Waals surface area contributed by atoms with Crippen molar-refractivity contribution in [2.75, 3.05) is 0 Å². The Morgan fingerprint density at radius 2 is 2.14 bits per heavy atom. The number of hydrogen-bond donors (Lipinski definition) is 0. The first kappa shape index (κ1) is 10.3. The summed E-state index contributed by atoms with van der Waals surface area (Å²) in [6.07, 6.45) is 3.65. The van der Waals surface area contributed by atoms with Crippen LogP contribution < -0.4 is 0 Å². The average Bonchev–Trinajstić information content (AvgIpc) is 2.63. The van der Waals surface area contributed by atoms with Crippen LogP contribution >= 0.6 is 0 Å². The summed E-state index contributed by atoms with van der Waals surface area (Å²) >= 11 is 0. The van der Waals surface area contributed by atoms with Gasteiger partial charge in [0.05, 0.1) is 11.6 Å². The maximum Gasteiger partial charge on any atom is 0.138 e. The zero-order valence-electron chi connectivity index (χ0n) is 8.65. The molecule has 0 unspecified atom stereocenters. The normalized spacial score (nSPS) is 9.00. The summed E-state index contributed by atoms with van der Waals surface area (Å²) in [5, 5.41) is 8.62. The average molecular weight is 187 g/mol. The van der Waals surface area contributed by atoms with Gasteiger partial charge < -0.3 is 4.40 Å². The molecule has 2 aromatic rings. The fourth-order valence-electron chi connectivity index (χ4n) is 1.18. The van der Waals surface area contributed by atoms with Gasteiger partial charge in [0, 0.05) is 18.1 Å². The lowest BCUT2D eigenvalue weighted by Crippen LogP contribution is -1.86. The molecular weight excluding hydrogens is 174 g/mol. The van der Waals surface area contributed by atoms with Crippen LogP contribution in [0.25, 0.3) is 5.65 Å². The second kappa shape index (κ2) is 4.43. The predicted octanol–water partition coefficient (Wildman–Crippen LogP) is 2.54. The Morgan fingerprint density at radius 1 is 1.43 bits per heavy atom. The minimum Gasteiger partial charge on any atom is -0.304 e. The molecule has 3 heteroatoms. The van der Waals surface area contributed by atoms with Crippen LogP contribution in [0.15, 0.2) is 24.5 Å². The Labute approximate surface area is 83.6 Å². The second-order valence-electron chi connectivity index (χ2n) is 2.66. The summed E-state index contributed by atoms with van der Waals surface area (Å²) in [7, 11) is 0. The summed E-state index contributed by atoms with van der Waals surface area (Å²) in [5.41, 5.74) is 2.55. The van der Waals surface area contributed by atoms with Gasteiger partial charge in [-0.2, -0.15) is 5.26 Å². The number of imidazole rings is 1. The molecule has 0 saturated heterocycles. The highest BCUT2D eigenvalue weighted by atomic mass is 15.0. The minimum atomic E-state index is 0.646. The molecule has 72 valence electrons. The lowest BCUT2D eigenvalue weighted by molar-refractivity contribution is 1.11. The predicted molar refractivity (Wildman–Crippen MR) is 56.0 cm³/mol. The van der Waals surface area contributed by atoms with E-state index in [2.05, 4.69) is 11.1 Å². The summed E-state index contributed by atoms with van der Waals surface area (Å²) < 4.78 is 1.95. The number of hydrogen-bond acceptors (Lipinski definition) is 2. The first-order valence-corrected chi connectivity index (χ1v) is 4.65. The van der Waals surface area contributed by atoms with Crippen LogP contribution in [-0.2, 0) is 0 Å². The molecule has 14 heavy (non-hydrogen) atoms. The van der Waals surface area contributed by atoms with Gasteiger partial charge in [-0.25, -0.2) is 4.98 Å². The molecule has 2 rings (SSSR count). The Balaban J connectivity index is 0.000000461. The topological polar surface area (TPSA) is 41.1 Å². The maximum absolute atomic E-state index is 8.62. The van der Waals surface area contributed by atoms with Crippen molar-refractivity contribution in [3.8, 4) is 6.07 Å². The van der Waals surface area contributed by atoms with E-state index >= 15 is 0 Å². The lowest BCUT2D eigenvalue weighted by atomic mass is 10.3. The van der Waals surface area contributed by atoms with Crippen LogP contribution in [-0.4, -0.2) is 9.38 Å². The Kier molecular flexibility index (Phi) is 3.24. The molecule has 0 amide bonds. The molecule has 0 radical (unpaired) electrons. The van der Waals surface area contributed by atoms with E-state index in [1.807, 2.05) is 31.4 Å². The number of aryl methyl sites for hydroxylation is 1. The largest absolute Gasteiger partial charge is 0.304 e. The third-order valence-electron chi connectivity index (χ3n) is 1.83. The molecule has 3 nitrogen and oxygen atoms in total. The van der Waals surface area contributed by atoms with Crippen molar-refractivity contribution in [3.05, 3.63) is 35.8 Å². The monoisotopic (exact) mass is 187 g/mol. The van der Waals surface area contributed by atoms with Crippen molar-refractivity contribution in [2.24, 2.45) is 0 Å². The fraction of sp³-hybridized carbons (Fsp3) is 0.273. The third kappa shape index (κ3) is 1.74. The van der Waals surface area contributed by atoms with Crippen LogP contribution in [0.3, 0.4) is 0 Å². The van der Waals surface area contributed by atoms with Gasteiger partial charge in [0.2, 0.25) is 0 Å². The number of fused-ring (bicyclic) bond motifs is 1. The zero-order chi connectivity index (χ0) is 10.6. The van der Waals surface area contributed by atoms with E-state index in [9.17, 15) is 0 Å². The van der Waals surface area contributed by atoms with Crippen molar-refractivity contribution >= 4 is 5.65 Å². The van der Waals surface area contributed by atoms with Gasteiger partial charge in [0.15, 0.2) is 0 Å². The van der Waals surface area contributed by atoms with Crippen molar-refractivity contribution in [2.45, 2.75) is 20.8 Å². The molecule has 2 aromatic heterocycles. The number of aromatic nitrogens is 2. The van der Waals surface area contributed by atoms with E-state index in [0.29, 0.717) is 5.56 Å². The van der Waals surface area contributed by atoms with E-state index in [1.165, 1.54) is 0 Å². The SMILES string of the molecule is CC.Cc1cnc2cc(C#N)ccn12. The van der Waals surface area contributed by atoms with Crippen molar-refractivity contribution < 1.29 is 0 Å². The van der Waals surface area contributed by atoms with E-state index in [4.69, 9.17) is 5.26 Å². The molecule has 0 aliphatic rings. The minimum absolute atomic E-state index is 0.646. The highest BCUT2D eigenvalue weighted by Gasteiger charge is 1.98. The standard InChI is InChI=1S/C9H7N3.C2H6/c1-7-6-11-9-4-8(5-10)2-3-12(7)9;1-2/h2-4,6H,1H3;1-2H3. The molecule has 0 fully saturated rings. The summed E-state index contributed by atoms with van der Waals surface area (Å²) in [5.74, 6) is 0. The Hall–Kier alpha value is -1.82. The fourth-order valence-corrected chi connectivity index (χ4v) is 1.18. The van der Waals surface area contributed by atoms with Crippen molar-refractivity contribution in [3.63, 3.8) is 0 Å². The van der Waals surface area contributed by atoms with E-state index < -0.39 is 0 Å². The lowest BCUT2D eigenvalue weighted by Gasteiger charge is -1.94. The number of pyridine rings is 1. The summed E-state index contributed by atoms with van der Waals surface area (Å²) in [4.78, 5) is 4.14. The summed E-state index contributed by atoms with van der Waals surface area (Å²) in [6.45, 7) is 5.98. The Bertz CT molecular complexity index is 463. The van der Waals surface area contributed by atoms with E-state index in [-0.39, 0.29) is 0 Å². The zero-order valence-corrected chi connectivity index (χ0v) is 8.65. The molecule has 0 aliphatic carbocycles. The first-order chi connectivity index (χ1) is 6.81. The van der Waals surface area contributed by atoms with Crippen LogP contribution in [0.5, 0.6) is 0 Å². The Morgan fingerprint density at radius 3 is 2.79 bits per heavy atom. The van der Waals surface area contributed by atoms with Crippen molar-refractivity contribution in [1.29, 1.82) is 5.26 Å². The first-order valence-electron chi connectivity index (χ1n) is 4.65. The van der Waals surface area contributed by atoms with Crippen LogP contribution in [0.4, 0.5) is 0 Å². The third-order valence-corrected chi connectivity index (χ3v) is 1.83. The van der Waals surface area contributed by atoms with Gasteiger partial charge in [-0.1, -0.05) is 13.8 Å². The van der Waals surface area contributed by atoms with Gasteiger partial charge in [0.1, 0.15) is 5.65 Å².